The van der Waals surface area contributed by atoms with Crippen LogP contribution in [0.5, 0.6) is 0 Å². The van der Waals surface area contributed by atoms with Crippen LogP contribution in [-0.4, -0.2) is 4.57 Å². The highest BCUT2D eigenvalue weighted by Gasteiger charge is 2.09. The van der Waals surface area contributed by atoms with Crippen molar-refractivity contribution in [2.24, 2.45) is 0 Å². The molecule has 1 heteroatoms. The molecule has 19 heavy (non-hydrogen) atoms. The number of nitrogens with zero attached hydrogens (tertiary/aromatic N) is 1. The third-order valence-corrected chi connectivity index (χ3v) is 3.73. The average Bonchev–Trinajstić information content (AvgIpc) is 2.85. The number of hydrogen-bond acceptors (Lipinski definition) is 0. The third kappa shape index (κ3) is 2.06. The highest BCUT2D eigenvalue weighted by atomic mass is 15.0. The van der Waals surface area contributed by atoms with Crippen molar-refractivity contribution in [1.29, 1.82) is 0 Å². The summed E-state index contributed by atoms with van der Waals surface area (Å²) in [4.78, 5) is 0. The monoisotopic (exact) mass is 249 g/mol. The lowest BCUT2D eigenvalue weighted by molar-refractivity contribution is 0.960. The van der Waals surface area contributed by atoms with Crippen LogP contribution in [0.4, 0.5) is 0 Å². The van der Waals surface area contributed by atoms with Gasteiger partial charge in [-0.05, 0) is 48.7 Å². The Morgan fingerprint density at radius 1 is 0.842 bits per heavy atom. The van der Waals surface area contributed by atoms with Crippen molar-refractivity contribution in [1.82, 2.24) is 4.57 Å². The summed E-state index contributed by atoms with van der Waals surface area (Å²) in [5.74, 6) is 0. The van der Waals surface area contributed by atoms with Crippen LogP contribution in [-0.2, 0) is 12.8 Å². The highest BCUT2D eigenvalue weighted by Crippen LogP contribution is 2.26. The normalized spacial score (nSPS) is 11.1. The van der Waals surface area contributed by atoms with Gasteiger partial charge in [0.05, 0.1) is 5.52 Å². The predicted molar refractivity (Wildman–Crippen MR) is 82.0 cm³/mol. The molecule has 0 aliphatic heterocycles. The van der Waals surface area contributed by atoms with E-state index in [9.17, 15) is 0 Å². The molecular formula is C18H19N. The second-order valence-electron chi connectivity index (χ2n) is 4.91. The van der Waals surface area contributed by atoms with E-state index in [0.29, 0.717) is 0 Å². The van der Waals surface area contributed by atoms with Gasteiger partial charge in [-0.2, -0.15) is 0 Å². The van der Waals surface area contributed by atoms with Crippen LogP contribution in [0.15, 0.2) is 54.6 Å². The Labute approximate surface area is 114 Å². The summed E-state index contributed by atoms with van der Waals surface area (Å²) in [6, 6.07) is 19.7. The average molecular weight is 249 g/mol. The van der Waals surface area contributed by atoms with Gasteiger partial charge in [0.25, 0.3) is 0 Å². The summed E-state index contributed by atoms with van der Waals surface area (Å²) in [6.07, 6.45) is 2.14. The molecule has 1 nitrogen and oxygen atoms in total. The van der Waals surface area contributed by atoms with Crippen LogP contribution in [0.1, 0.15) is 25.1 Å². The fourth-order valence-corrected chi connectivity index (χ4v) is 2.68. The second kappa shape index (κ2) is 4.93. The molecule has 3 rings (SSSR count). The Balaban J connectivity index is 2.28. The van der Waals surface area contributed by atoms with E-state index < -0.39 is 0 Å². The number of rotatable bonds is 3. The van der Waals surface area contributed by atoms with Gasteiger partial charge in [0, 0.05) is 16.8 Å². The lowest BCUT2D eigenvalue weighted by atomic mass is 10.1. The number of hydrogen-bond donors (Lipinski definition) is 0. The van der Waals surface area contributed by atoms with E-state index in [4.69, 9.17) is 0 Å². The molecular weight excluding hydrogens is 230 g/mol. The highest BCUT2D eigenvalue weighted by molar-refractivity contribution is 5.84. The Morgan fingerprint density at radius 3 is 2.32 bits per heavy atom. The second-order valence-corrected chi connectivity index (χ2v) is 4.91. The van der Waals surface area contributed by atoms with Gasteiger partial charge in [-0.1, -0.05) is 38.1 Å². The minimum atomic E-state index is 1.05. The number of benzene rings is 2. The van der Waals surface area contributed by atoms with Gasteiger partial charge >= 0.3 is 0 Å². The first-order valence-electron chi connectivity index (χ1n) is 7.02. The summed E-state index contributed by atoms with van der Waals surface area (Å²) >= 11 is 0. The van der Waals surface area contributed by atoms with Crippen LogP contribution < -0.4 is 0 Å². The van der Waals surface area contributed by atoms with Crippen molar-refractivity contribution in [3.63, 3.8) is 0 Å². The molecule has 0 amide bonds. The molecule has 0 aliphatic carbocycles. The summed E-state index contributed by atoms with van der Waals surface area (Å²) in [5, 5.41) is 1.35. The molecule has 1 aromatic heterocycles. The lowest BCUT2D eigenvalue weighted by Crippen LogP contribution is -1.98. The van der Waals surface area contributed by atoms with Gasteiger partial charge < -0.3 is 4.57 Å². The Bertz CT molecular complexity index is 692. The molecule has 2 aromatic carbocycles. The maximum atomic E-state index is 2.37. The first-order chi connectivity index (χ1) is 9.33. The molecule has 0 radical (unpaired) electrons. The SMILES string of the molecule is CCc1ccc2c(c1)cc(CC)n2-c1ccccc1. The number of para-hydroxylation sites is 1. The van der Waals surface area contributed by atoms with Gasteiger partial charge in [-0.3, -0.25) is 0 Å². The molecule has 0 bridgehead atoms. The molecule has 96 valence electrons. The van der Waals surface area contributed by atoms with Crippen LogP contribution in [0, 0.1) is 0 Å². The molecule has 0 saturated heterocycles. The summed E-state index contributed by atoms with van der Waals surface area (Å²) in [5.41, 5.74) is 5.33. The van der Waals surface area contributed by atoms with Crippen LogP contribution in [0.3, 0.4) is 0 Å². The molecule has 0 spiro atoms. The molecule has 0 unspecified atom stereocenters. The van der Waals surface area contributed by atoms with Crippen molar-refractivity contribution in [2.75, 3.05) is 0 Å². The Kier molecular flexibility index (Phi) is 3.12. The van der Waals surface area contributed by atoms with Crippen molar-refractivity contribution in [2.45, 2.75) is 26.7 Å². The number of aromatic nitrogens is 1. The standard InChI is InChI=1S/C18H19N/c1-3-14-10-11-18-15(12-14)13-16(4-2)19(18)17-8-6-5-7-9-17/h5-13H,3-4H2,1-2H3. The van der Waals surface area contributed by atoms with E-state index in [2.05, 4.69) is 73.0 Å². The van der Waals surface area contributed by atoms with Crippen molar-refractivity contribution < 1.29 is 0 Å². The molecule has 0 saturated carbocycles. The Morgan fingerprint density at radius 2 is 1.63 bits per heavy atom. The minimum absolute atomic E-state index is 1.05. The van der Waals surface area contributed by atoms with E-state index in [1.54, 1.807) is 0 Å². The molecule has 1 heterocycles. The maximum absolute atomic E-state index is 2.37. The lowest BCUT2D eigenvalue weighted by Gasteiger charge is -2.09. The quantitative estimate of drug-likeness (QED) is 0.631. The van der Waals surface area contributed by atoms with Crippen molar-refractivity contribution in [3.8, 4) is 5.69 Å². The van der Waals surface area contributed by atoms with Crippen LogP contribution in [0.2, 0.25) is 0 Å². The van der Waals surface area contributed by atoms with Gasteiger partial charge in [0.2, 0.25) is 0 Å². The summed E-state index contributed by atoms with van der Waals surface area (Å²) in [6.45, 7) is 4.42. The minimum Gasteiger partial charge on any atom is -0.314 e. The molecule has 3 aromatic rings. The molecule has 0 N–H and O–H groups in total. The van der Waals surface area contributed by atoms with Crippen molar-refractivity contribution in [3.05, 3.63) is 65.9 Å². The first kappa shape index (κ1) is 12.0. The first-order valence-corrected chi connectivity index (χ1v) is 7.02. The van der Waals surface area contributed by atoms with Crippen LogP contribution >= 0.6 is 0 Å². The van der Waals surface area contributed by atoms with Gasteiger partial charge in [0.15, 0.2) is 0 Å². The zero-order chi connectivity index (χ0) is 13.2. The topological polar surface area (TPSA) is 4.93 Å². The smallest absolute Gasteiger partial charge is 0.0531 e. The predicted octanol–water partition coefficient (Wildman–Crippen LogP) is 4.76. The van der Waals surface area contributed by atoms with E-state index in [1.165, 1.54) is 27.8 Å². The third-order valence-electron chi connectivity index (χ3n) is 3.73. The van der Waals surface area contributed by atoms with Crippen molar-refractivity contribution >= 4 is 10.9 Å². The largest absolute Gasteiger partial charge is 0.314 e. The summed E-state index contributed by atoms with van der Waals surface area (Å²) < 4.78 is 2.37. The number of aryl methyl sites for hydroxylation is 2. The zero-order valence-electron chi connectivity index (χ0n) is 11.6. The maximum Gasteiger partial charge on any atom is 0.0531 e. The van der Waals surface area contributed by atoms with E-state index in [-0.39, 0.29) is 0 Å². The molecule has 0 aliphatic rings. The molecule has 0 atom stereocenters. The zero-order valence-corrected chi connectivity index (χ0v) is 11.6. The summed E-state index contributed by atoms with van der Waals surface area (Å²) in [7, 11) is 0. The van der Waals surface area contributed by atoms with Gasteiger partial charge in [-0.15, -0.1) is 0 Å². The van der Waals surface area contributed by atoms with E-state index >= 15 is 0 Å². The Hall–Kier alpha value is -2.02. The van der Waals surface area contributed by atoms with E-state index in [1.807, 2.05) is 0 Å². The number of fused-ring (bicyclic) bond motifs is 1. The van der Waals surface area contributed by atoms with Gasteiger partial charge in [0.1, 0.15) is 0 Å². The fourth-order valence-electron chi connectivity index (χ4n) is 2.68. The van der Waals surface area contributed by atoms with Gasteiger partial charge in [-0.25, -0.2) is 0 Å². The fraction of sp³-hybridized carbons (Fsp3) is 0.222. The molecule has 0 fully saturated rings. The van der Waals surface area contributed by atoms with Crippen LogP contribution in [0.25, 0.3) is 16.6 Å². The van der Waals surface area contributed by atoms with E-state index in [0.717, 1.165) is 12.8 Å².